The molecule has 0 radical (unpaired) electrons. The van der Waals surface area contributed by atoms with Crippen LogP contribution in [-0.4, -0.2) is 25.9 Å². The molecule has 1 aromatic rings. The van der Waals surface area contributed by atoms with Crippen LogP contribution in [0.4, 0.5) is 18.9 Å². The van der Waals surface area contributed by atoms with Crippen molar-refractivity contribution in [2.45, 2.75) is 6.18 Å². The first-order valence-electron chi connectivity index (χ1n) is 4.72. The minimum Gasteiger partial charge on any atom is -0.381 e. The molecule has 0 aliphatic rings. The van der Waals surface area contributed by atoms with Crippen LogP contribution in [0, 0.1) is 0 Å². The maximum absolute atomic E-state index is 11.7. The lowest BCUT2D eigenvalue weighted by Crippen LogP contribution is -2.20. The van der Waals surface area contributed by atoms with E-state index in [1.165, 1.54) is 0 Å². The van der Waals surface area contributed by atoms with E-state index in [4.69, 9.17) is 23.2 Å². The zero-order chi connectivity index (χ0) is 12.9. The topological polar surface area (TPSA) is 21.3 Å². The van der Waals surface area contributed by atoms with E-state index in [0.29, 0.717) is 15.7 Å². The zero-order valence-corrected chi connectivity index (χ0v) is 10.2. The Bertz CT molecular complexity index is 371. The van der Waals surface area contributed by atoms with Crippen molar-refractivity contribution in [3.05, 3.63) is 28.2 Å². The van der Waals surface area contributed by atoms with Gasteiger partial charge in [-0.15, -0.1) is 0 Å². The second kappa shape index (κ2) is 6.33. The van der Waals surface area contributed by atoms with Crippen LogP contribution < -0.4 is 5.32 Å². The normalized spacial score (nSPS) is 11.6. The van der Waals surface area contributed by atoms with Gasteiger partial charge in [-0.1, -0.05) is 23.2 Å². The number of nitrogens with one attached hydrogen (secondary N) is 1. The van der Waals surface area contributed by atoms with Crippen molar-refractivity contribution in [2.24, 2.45) is 0 Å². The van der Waals surface area contributed by atoms with Crippen LogP contribution in [0.1, 0.15) is 0 Å². The zero-order valence-electron chi connectivity index (χ0n) is 8.65. The predicted molar refractivity (Wildman–Crippen MR) is 61.8 cm³/mol. The summed E-state index contributed by atoms with van der Waals surface area (Å²) >= 11 is 11.6. The molecule has 0 aliphatic carbocycles. The molecule has 0 amide bonds. The molecule has 0 heterocycles. The molecule has 0 atom stereocenters. The highest BCUT2D eigenvalue weighted by molar-refractivity contribution is 6.35. The van der Waals surface area contributed by atoms with E-state index < -0.39 is 12.8 Å². The highest BCUT2D eigenvalue weighted by Crippen LogP contribution is 2.25. The van der Waals surface area contributed by atoms with Gasteiger partial charge in [-0.25, -0.2) is 0 Å². The van der Waals surface area contributed by atoms with E-state index in [1.807, 2.05) is 0 Å². The largest absolute Gasteiger partial charge is 0.411 e. The molecule has 0 spiro atoms. The summed E-state index contributed by atoms with van der Waals surface area (Å²) < 4.78 is 39.6. The molecule has 0 aliphatic heterocycles. The Morgan fingerprint density at radius 3 is 2.59 bits per heavy atom. The van der Waals surface area contributed by atoms with Crippen molar-refractivity contribution >= 4 is 28.9 Å². The smallest absolute Gasteiger partial charge is 0.381 e. The SMILES string of the molecule is FC(F)(F)COCCNc1cc(Cl)ccc1Cl. The van der Waals surface area contributed by atoms with Crippen molar-refractivity contribution in [3.8, 4) is 0 Å². The molecule has 2 nitrogen and oxygen atoms in total. The van der Waals surface area contributed by atoms with Crippen LogP contribution >= 0.6 is 23.2 Å². The minimum absolute atomic E-state index is 0.0671. The van der Waals surface area contributed by atoms with Gasteiger partial charge in [-0.05, 0) is 18.2 Å². The first-order chi connectivity index (χ1) is 7.88. The predicted octanol–water partition coefficient (Wildman–Crippen LogP) is 3.98. The summed E-state index contributed by atoms with van der Waals surface area (Å²) in [5.74, 6) is 0. The van der Waals surface area contributed by atoms with E-state index >= 15 is 0 Å². The molecule has 1 rings (SSSR count). The van der Waals surface area contributed by atoms with Gasteiger partial charge in [0.05, 0.1) is 17.3 Å². The molecule has 1 aromatic carbocycles. The molecular weight excluding hydrogens is 278 g/mol. The Morgan fingerprint density at radius 1 is 1.24 bits per heavy atom. The van der Waals surface area contributed by atoms with Gasteiger partial charge < -0.3 is 10.1 Å². The van der Waals surface area contributed by atoms with Crippen molar-refractivity contribution in [2.75, 3.05) is 25.1 Å². The van der Waals surface area contributed by atoms with E-state index in [-0.39, 0.29) is 13.2 Å². The van der Waals surface area contributed by atoms with Crippen LogP contribution in [0.3, 0.4) is 0 Å². The number of alkyl halides is 3. The summed E-state index contributed by atoms with van der Waals surface area (Å²) in [7, 11) is 0. The standard InChI is InChI=1S/C10H10Cl2F3NO/c11-7-1-2-8(12)9(5-7)16-3-4-17-6-10(13,14)15/h1-2,5,16H,3-4,6H2. The van der Waals surface area contributed by atoms with Gasteiger partial charge in [0, 0.05) is 11.6 Å². The number of hydrogen-bond acceptors (Lipinski definition) is 2. The van der Waals surface area contributed by atoms with Gasteiger partial charge in [0.2, 0.25) is 0 Å². The van der Waals surface area contributed by atoms with Crippen LogP contribution in [0.15, 0.2) is 18.2 Å². The lowest BCUT2D eigenvalue weighted by molar-refractivity contribution is -0.172. The van der Waals surface area contributed by atoms with Crippen molar-refractivity contribution in [1.29, 1.82) is 0 Å². The second-order valence-corrected chi connectivity index (χ2v) is 4.06. The number of anilines is 1. The lowest BCUT2D eigenvalue weighted by atomic mass is 10.3. The molecule has 0 bridgehead atoms. The third-order valence-corrected chi connectivity index (χ3v) is 2.32. The summed E-state index contributed by atoms with van der Waals surface area (Å²) in [6, 6.07) is 4.81. The Labute approximate surface area is 107 Å². The molecule has 0 unspecified atom stereocenters. The van der Waals surface area contributed by atoms with Crippen LogP contribution in [0.5, 0.6) is 0 Å². The van der Waals surface area contributed by atoms with E-state index in [9.17, 15) is 13.2 Å². The fourth-order valence-electron chi connectivity index (χ4n) is 1.08. The molecule has 0 aromatic heterocycles. The fraction of sp³-hybridized carbons (Fsp3) is 0.400. The number of halogens is 5. The average molecular weight is 288 g/mol. The highest BCUT2D eigenvalue weighted by Gasteiger charge is 2.27. The maximum atomic E-state index is 11.7. The Hall–Kier alpha value is -0.650. The lowest BCUT2D eigenvalue weighted by Gasteiger charge is -2.10. The Kier molecular flexibility index (Phi) is 5.36. The number of hydrogen-bond donors (Lipinski definition) is 1. The highest BCUT2D eigenvalue weighted by atomic mass is 35.5. The van der Waals surface area contributed by atoms with E-state index in [1.54, 1.807) is 18.2 Å². The quantitative estimate of drug-likeness (QED) is 0.827. The number of benzene rings is 1. The molecule has 17 heavy (non-hydrogen) atoms. The molecule has 7 heteroatoms. The summed E-state index contributed by atoms with van der Waals surface area (Å²) in [6.45, 7) is -1.10. The molecule has 96 valence electrons. The molecule has 0 fully saturated rings. The average Bonchev–Trinajstić information content (AvgIpc) is 2.21. The van der Waals surface area contributed by atoms with Gasteiger partial charge in [0.1, 0.15) is 6.61 Å². The van der Waals surface area contributed by atoms with E-state index in [0.717, 1.165) is 0 Å². The van der Waals surface area contributed by atoms with Crippen molar-refractivity contribution < 1.29 is 17.9 Å². The maximum Gasteiger partial charge on any atom is 0.411 e. The first kappa shape index (κ1) is 14.4. The summed E-state index contributed by atoms with van der Waals surface area (Å²) in [4.78, 5) is 0. The van der Waals surface area contributed by atoms with Crippen LogP contribution in [-0.2, 0) is 4.74 Å². The minimum atomic E-state index is -4.30. The third-order valence-electron chi connectivity index (χ3n) is 1.76. The van der Waals surface area contributed by atoms with Gasteiger partial charge in [-0.3, -0.25) is 0 Å². The first-order valence-corrected chi connectivity index (χ1v) is 5.47. The third kappa shape index (κ3) is 6.00. The van der Waals surface area contributed by atoms with Gasteiger partial charge >= 0.3 is 6.18 Å². The van der Waals surface area contributed by atoms with Gasteiger partial charge in [0.25, 0.3) is 0 Å². The van der Waals surface area contributed by atoms with Crippen molar-refractivity contribution in [1.82, 2.24) is 0 Å². The summed E-state index contributed by atoms with van der Waals surface area (Å²) in [5.41, 5.74) is 0.565. The van der Waals surface area contributed by atoms with E-state index in [2.05, 4.69) is 10.1 Å². The van der Waals surface area contributed by atoms with Gasteiger partial charge in [0.15, 0.2) is 0 Å². The molecule has 0 saturated carbocycles. The second-order valence-electron chi connectivity index (χ2n) is 3.22. The summed E-state index contributed by atoms with van der Waals surface area (Å²) in [6.07, 6.45) is -4.30. The molecule has 1 N–H and O–H groups in total. The monoisotopic (exact) mass is 287 g/mol. The van der Waals surface area contributed by atoms with Crippen molar-refractivity contribution in [3.63, 3.8) is 0 Å². The molecular formula is C10H10Cl2F3NO. The van der Waals surface area contributed by atoms with Crippen LogP contribution in [0.25, 0.3) is 0 Å². The number of ether oxygens (including phenoxy) is 1. The Balaban J connectivity index is 2.29. The van der Waals surface area contributed by atoms with Gasteiger partial charge in [-0.2, -0.15) is 13.2 Å². The fourth-order valence-corrected chi connectivity index (χ4v) is 1.44. The summed E-state index contributed by atoms with van der Waals surface area (Å²) in [5, 5.41) is 3.77. The number of rotatable bonds is 5. The Morgan fingerprint density at radius 2 is 1.94 bits per heavy atom. The molecule has 0 saturated heterocycles. The van der Waals surface area contributed by atoms with Crippen LogP contribution in [0.2, 0.25) is 10.0 Å².